The highest BCUT2D eigenvalue weighted by Gasteiger charge is 2.57. The molecule has 0 spiro atoms. The van der Waals surface area contributed by atoms with Gasteiger partial charge in [0.15, 0.2) is 37.7 Å². The number of ether oxygens (including phenoxy) is 11. The molecule has 0 aromatic heterocycles. The highest BCUT2D eigenvalue weighted by Crippen LogP contribution is 2.36. The summed E-state index contributed by atoms with van der Waals surface area (Å²) in [5.74, 6) is 0. The molecule has 0 bridgehead atoms. The van der Waals surface area contributed by atoms with E-state index in [1.165, 1.54) is 0 Å². The first-order chi connectivity index (χ1) is 31.8. The smallest absolute Gasteiger partial charge is 0.187 e. The van der Waals surface area contributed by atoms with Crippen molar-refractivity contribution >= 4 is 0 Å². The average Bonchev–Trinajstić information content (AvgIpc) is 3.32. The standard InChI is InChI=1S/C36H62O31/c37-1-7-13(43)14(44)21(51)32(58-7)64-27-9(3-39)60-34(23(53)16(27)46)66-29-11(5-41)62-36(25(55)18(29)48)67-30-12(6-42)61-35(24(54)19(30)49)65-28-10(4-40)59-33(22(52)17(28)47)63-26-8(2-38)57-31(56)20(50)15(26)45/h7-56H,1-6H2/t7-,8-,9-,10-,11-,12-,13+,14+,15-,16-,17-,18-,19-,20-,21-,22-,23-,24-,25-,26-,27+,28-,29-,30-,31+,32-,33-,34-,35-,36-/m1/s1. The fourth-order valence-electron chi connectivity index (χ4n) is 8.52. The maximum atomic E-state index is 11.2. The summed E-state index contributed by atoms with van der Waals surface area (Å²) in [6.45, 7) is -5.67. The molecule has 0 amide bonds. The van der Waals surface area contributed by atoms with Gasteiger partial charge in [0, 0.05) is 0 Å². The largest absolute Gasteiger partial charge is 0.394 e. The second-order valence-electron chi connectivity index (χ2n) is 16.8. The van der Waals surface area contributed by atoms with Crippen molar-refractivity contribution in [1.82, 2.24) is 0 Å². The third kappa shape index (κ3) is 11.2. The van der Waals surface area contributed by atoms with E-state index in [1.54, 1.807) is 0 Å². The molecule has 0 saturated carbocycles. The minimum absolute atomic E-state index is 0.830. The van der Waals surface area contributed by atoms with Crippen molar-refractivity contribution in [2.75, 3.05) is 39.6 Å². The van der Waals surface area contributed by atoms with Gasteiger partial charge >= 0.3 is 0 Å². The third-order valence-electron chi connectivity index (χ3n) is 12.4. The number of aliphatic hydroxyl groups excluding tert-OH is 20. The molecule has 0 aromatic rings. The van der Waals surface area contributed by atoms with Crippen LogP contribution in [0, 0.1) is 0 Å². The van der Waals surface area contributed by atoms with E-state index in [0.717, 1.165) is 0 Å². The summed E-state index contributed by atoms with van der Waals surface area (Å²) in [5, 5.41) is 209. The van der Waals surface area contributed by atoms with Gasteiger partial charge in [-0.25, -0.2) is 0 Å². The molecule has 31 nitrogen and oxygen atoms in total. The average molecular weight is 991 g/mol. The maximum Gasteiger partial charge on any atom is 0.187 e. The summed E-state index contributed by atoms with van der Waals surface area (Å²) in [5.41, 5.74) is 0. The van der Waals surface area contributed by atoms with Crippen LogP contribution in [0.25, 0.3) is 0 Å². The molecule has 6 rings (SSSR count). The number of rotatable bonds is 16. The van der Waals surface area contributed by atoms with Crippen molar-refractivity contribution in [3.8, 4) is 0 Å². The molecule has 0 unspecified atom stereocenters. The first-order valence-corrected chi connectivity index (χ1v) is 21.1. The molecule has 6 fully saturated rings. The van der Waals surface area contributed by atoms with Gasteiger partial charge in [-0.15, -0.1) is 0 Å². The Morgan fingerprint density at radius 2 is 0.433 bits per heavy atom. The van der Waals surface area contributed by atoms with Crippen LogP contribution in [0.3, 0.4) is 0 Å². The van der Waals surface area contributed by atoms with E-state index in [4.69, 9.17) is 52.1 Å². The topological polar surface area (TPSA) is 506 Å². The van der Waals surface area contributed by atoms with Crippen LogP contribution in [0.15, 0.2) is 0 Å². The molecule has 0 aliphatic carbocycles. The second-order valence-corrected chi connectivity index (χ2v) is 16.8. The zero-order valence-electron chi connectivity index (χ0n) is 35.0. The Morgan fingerprint density at radius 3 is 0.687 bits per heavy atom. The van der Waals surface area contributed by atoms with Gasteiger partial charge in [-0.3, -0.25) is 0 Å². The summed E-state index contributed by atoms with van der Waals surface area (Å²) >= 11 is 0. The fourth-order valence-corrected chi connectivity index (χ4v) is 8.52. The van der Waals surface area contributed by atoms with Crippen LogP contribution in [-0.2, 0) is 52.1 Å². The SMILES string of the molecule is OC[C@H]1O[C@H](O[C@@H]2[C@H](O)[C@@H](O)[C@@H](O[C@H]3[C@H](O)[C@@H](O)[C@@H](O[C@H]4[C@H](O)[C@@H](O)[C@@H](O[C@H]5[C@H](O)[C@@H](O)[C@@H](O[C@H]6[C@H](O)[C@@H](O)[C@@H](O)O[C@@H]6CO)O[C@@H]5CO)O[C@@H]4CO)O[C@@H]3CO)O[C@@H]2CO)[C@H](O)[C@@H](O)[C@H]1O. The normalized spacial score (nSPS) is 53.4. The molecule has 6 saturated heterocycles. The van der Waals surface area contributed by atoms with E-state index in [0.29, 0.717) is 0 Å². The van der Waals surface area contributed by atoms with E-state index in [2.05, 4.69) is 0 Å². The minimum atomic E-state index is -2.18. The van der Waals surface area contributed by atoms with Crippen molar-refractivity contribution in [3.05, 3.63) is 0 Å². The predicted molar refractivity (Wildman–Crippen MR) is 199 cm³/mol. The second kappa shape index (κ2) is 23.5. The molecule has 30 atom stereocenters. The lowest BCUT2D eigenvalue weighted by atomic mass is 9.95. The Morgan fingerprint density at radius 1 is 0.224 bits per heavy atom. The number of aliphatic hydroxyl groups is 20. The summed E-state index contributed by atoms with van der Waals surface area (Å²) < 4.78 is 60.5. The Kier molecular flexibility index (Phi) is 19.4. The lowest BCUT2D eigenvalue weighted by Crippen LogP contribution is -2.68. The summed E-state index contributed by atoms with van der Waals surface area (Å²) in [6.07, 6.45) is -56.5. The maximum absolute atomic E-state index is 11.2. The number of hydrogen-bond donors (Lipinski definition) is 20. The van der Waals surface area contributed by atoms with E-state index in [1.807, 2.05) is 0 Å². The van der Waals surface area contributed by atoms with Crippen molar-refractivity contribution in [2.24, 2.45) is 0 Å². The summed E-state index contributed by atoms with van der Waals surface area (Å²) in [4.78, 5) is 0. The lowest BCUT2D eigenvalue weighted by Gasteiger charge is -2.49. The lowest BCUT2D eigenvalue weighted by molar-refractivity contribution is -0.396. The molecule has 67 heavy (non-hydrogen) atoms. The Balaban J connectivity index is 1.07. The first-order valence-electron chi connectivity index (χ1n) is 21.1. The van der Waals surface area contributed by atoms with Gasteiger partial charge in [0.25, 0.3) is 0 Å². The van der Waals surface area contributed by atoms with E-state index < -0.39 is 224 Å². The van der Waals surface area contributed by atoms with Crippen LogP contribution in [0.5, 0.6) is 0 Å². The van der Waals surface area contributed by atoms with Gasteiger partial charge in [-0.1, -0.05) is 0 Å². The van der Waals surface area contributed by atoms with Gasteiger partial charge in [0.1, 0.15) is 146 Å². The van der Waals surface area contributed by atoms with Crippen molar-refractivity contribution in [3.63, 3.8) is 0 Å². The van der Waals surface area contributed by atoms with Crippen LogP contribution in [0.4, 0.5) is 0 Å². The number of hydrogen-bond acceptors (Lipinski definition) is 31. The minimum Gasteiger partial charge on any atom is -0.394 e. The van der Waals surface area contributed by atoms with Crippen LogP contribution in [0.1, 0.15) is 0 Å². The van der Waals surface area contributed by atoms with Crippen LogP contribution < -0.4 is 0 Å². The van der Waals surface area contributed by atoms with Gasteiger partial charge in [-0.2, -0.15) is 0 Å². The van der Waals surface area contributed by atoms with E-state index >= 15 is 0 Å². The molecule has 6 aliphatic rings. The Hall–Kier alpha value is -1.24. The fraction of sp³-hybridized carbons (Fsp3) is 1.00. The molecule has 0 radical (unpaired) electrons. The monoisotopic (exact) mass is 990 g/mol. The van der Waals surface area contributed by atoms with Gasteiger partial charge in [0.2, 0.25) is 0 Å². The van der Waals surface area contributed by atoms with Crippen LogP contribution in [-0.4, -0.2) is 326 Å². The molecule has 31 heteroatoms. The molecule has 6 aliphatic heterocycles. The third-order valence-corrected chi connectivity index (χ3v) is 12.4. The zero-order valence-corrected chi connectivity index (χ0v) is 35.0. The van der Waals surface area contributed by atoms with Crippen molar-refractivity contribution in [2.45, 2.75) is 184 Å². The van der Waals surface area contributed by atoms with Crippen molar-refractivity contribution in [1.29, 1.82) is 0 Å². The first kappa shape index (κ1) is 55.1. The highest BCUT2D eigenvalue weighted by molar-refractivity contribution is 5.00. The summed E-state index contributed by atoms with van der Waals surface area (Å²) in [7, 11) is 0. The highest BCUT2D eigenvalue weighted by atomic mass is 16.8. The molecule has 392 valence electrons. The molecular weight excluding hydrogens is 928 g/mol. The molecule has 0 aromatic carbocycles. The van der Waals surface area contributed by atoms with E-state index in [9.17, 15) is 102 Å². The van der Waals surface area contributed by atoms with Crippen molar-refractivity contribution < 1.29 is 154 Å². The predicted octanol–water partition coefficient (Wildman–Crippen LogP) is -14.1. The zero-order chi connectivity index (χ0) is 49.3. The van der Waals surface area contributed by atoms with Gasteiger partial charge < -0.3 is 154 Å². The Bertz CT molecular complexity index is 1500. The summed E-state index contributed by atoms with van der Waals surface area (Å²) in [6, 6.07) is 0. The van der Waals surface area contributed by atoms with Crippen LogP contribution in [0.2, 0.25) is 0 Å². The van der Waals surface area contributed by atoms with E-state index in [-0.39, 0.29) is 0 Å². The van der Waals surface area contributed by atoms with Gasteiger partial charge in [-0.05, 0) is 0 Å². The van der Waals surface area contributed by atoms with Gasteiger partial charge in [0.05, 0.1) is 39.6 Å². The van der Waals surface area contributed by atoms with Crippen LogP contribution >= 0.6 is 0 Å². The molecule has 6 heterocycles. The molecular formula is C36H62O31. The Labute approximate surface area is 378 Å². The molecule has 20 N–H and O–H groups in total. The quantitative estimate of drug-likeness (QED) is 0.0683.